The fourth-order valence-electron chi connectivity index (χ4n) is 5.18. The minimum atomic E-state index is -1.77. The summed E-state index contributed by atoms with van der Waals surface area (Å²) in [7, 11) is 3.63. The Labute approximate surface area is 276 Å². The molecule has 1 fully saturated rings. The molecule has 21 heteroatoms. The summed E-state index contributed by atoms with van der Waals surface area (Å²) in [6.07, 6.45) is -5.32. The minimum Gasteiger partial charge on any atom is -0.451 e. The Kier molecular flexibility index (Phi) is 16.0. The lowest BCUT2D eigenvalue weighted by atomic mass is 10.0. The average molecular weight is 679 g/mol. The van der Waals surface area contributed by atoms with Crippen molar-refractivity contribution in [3.63, 3.8) is 0 Å². The second-order valence-electron chi connectivity index (χ2n) is 11.9. The van der Waals surface area contributed by atoms with Crippen molar-refractivity contribution < 1.29 is 43.0 Å². The molecule has 0 unspecified atom stereocenters. The predicted molar refractivity (Wildman–Crippen MR) is 166 cm³/mol. The highest BCUT2D eigenvalue weighted by Gasteiger charge is 2.43. The van der Waals surface area contributed by atoms with E-state index in [0.717, 1.165) is 14.7 Å². The summed E-state index contributed by atoms with van der Waals surface area (Å²) in [5.74, 6) is -8.19. The molecular formula is C27H42N12O9. The van der Waals surface area contributed by atoms with Crippen molar-refractivity contribution in [1.82, 2.24) is 14.7 Å². The molecule has 1 saturated heterocycles. The van der Waals surface area contributed by atoms with E-state index in [2.05, 4.69) is 30.1 Å². The highest BCUT2D eigenvalue weighted by molar-refractivity contribution is 5.94. The molecule has 1 rings (SSSR count). The van der Waals surface area contributed by atoms with Gasteiger partial charge in [0.25, 0.3) is 17.7 Å². The molecule has 0 aromatic carbocycles. The topological polar surface area (TPSA) is 286 Å². The largest absolute Gasteiger partial charge is 0.451 e. The number of esters is 3. The number of nitrogens with zero attached hydrogens (tertiary/aromatic N) is 12. The molecule has 6 atom stereocenters. The summed E-state index contributed by atoms with van der Waals surface area (Å²) >= 11 is 0. The van der Waals surface area contributed by atoms with Gasteiger partial charge in [0.05, 0.1) is 19.6 Å². The van der Waals surface area contributed by atoms with Crippen molar-refractivity contribution in [2.75, 3.05) is 40.8 Å². The maximum absolute atomic E-state index is 13.7. The van der Waals surface area contributed by atoms with Gasteiger partial charge in [0, 0.05) is 35.9 Å². The van der Waals surface area contributed by atoms with E-state index >= 15 is 0 Å². The number of hydrogen-bond acceptors (Lipinski definition) is 12. The Morgan fingerprint density at radius 3 is 0.896 bits per heavy atom. The molecule has 0 saturated carbocycles. The van der Waals surface area contributed by atoms with Crippen LogP contribution in [0.4, 0.5) is 0 Å². The number of likely N-dealkylation sites (N-methyl/N-ethyl adjacent to an activating group) is 3. The number of ether oxygens (including phenoxy) is 3. The van der Waals surface area contributed by atoms with E-state index in [1.165, 1.54) is 21.1 Å². The molecule has 0 aromatic heterocycles. The first-order valence-electron chi connectivity index (χ1n) is 14.9. The maximum Gasteiger partial charge on any atom is 0.329 e. The van der Waals surface area contributed by atoms with Crippen LogP contribution in [-0.2, 0) is 43.0 Å². The first-order chi connectivity index (χ1) is 22.5. The molecule has 1 aliphatic heterocycles. The molecular weight excluding hydrogens is 636 g/mol. The lowest BCUT2D eigenvalue weighted by Crippen LogP contribution is -2.57. The fourth-order valence-corrected chi connectivity index (χ4v) is 5.18. The van der Waals surface area contributed by atoms with Gasteiger partial charge in [0.15, 0.2) is 18.3 Å². The monoisotopic (exact) mass is 678 g/mol. The third kappa shape index (κ3) is 10.4. The summed E-state index contributed by atoms with van der Waals surface area (Å²) in [5.41, 5.74) is 26.8. The maximum atomic E-state index is 13.7. The number of carbonyl (C=O) groups excluding carboxylic acids is 6. The molecule has 48 heavy (non-hydrogen) atoms. The van der Waals surface area contributed by atoms with Gasteiger partial charge in [-0.15, -0.1) is 0 Å². The Hall–Kier alpha value is -5.25. The molecule has 0 aromatic rings. The van der Waals surface area contributed by atoms with E-state index in [1.807, 2.05) is 0 Å². The van der Waals surface area contributed by atoms with E-state index < -0.39 is 109 Å². The SMILES string of the molecule is CC(C)[C@@H]1C(=O)O[C@@H](CN=[N+]=[N-])C(=O)N(C)[C@H](C(C)C)C(=O)O[C@@H](CN=[N+]=[N-])C(=O)N(C)[C@H](C(C)C)C(=O)O[C@@H](CN=[N+]=[N-])C(=O)N1C. The van der Waals surface area contributed by atoms with Crippen molar-refractivity contribution in [3.8, 4) is 0 Å². The van der Waals surface area contributed by atoms with Gasteiger partial charge in [-0.2, -0.15) is 0 Å². The molecule has 3 amide bonds. The predicted octanol–water partition coefficient (Wildman–Crippen LogP) is 2.12. The van der Waals surface area contributed by atoms with Crippen LogP contribution >= 0.6 is 0 Å². The zero-order valence-electron chi connectivity index (χ0n) is 28.4. The first-order valence-corrected chi connectivity index (χ1v) is 14.9. The number of hydrogen-bond donors (Lipinski definition) is 0. The van der Waals surface area contributed by atoms with Gasteiger partial charge in [-0.05, 0) is 34.3 Å². The van der Waals surface area contributed by atoms with Crippen LogP contribution in [0.1, 0.15) is 41.5 Å². The zero-order valence-corrected chi connectivity index (χ0v) is 28.4. The summed E-state index contributed by atoms with van der Waals surface area (Å²) in [6, 6.07) is -4.19. The van der Waals surface area contributed by atoms with E-state index in [0.29, 0.717) is 0 Å². The van der Waals surface area contributed by atoms with Gasteiger partial charge in [0.2, 0.25) is 0 Å². The molecule has 264 valence electrons. The number of cyclic esters (lactones) is 3. The van der Waals surface area contributed by atoms with Gasteiger partial charge >= 0.3 is 17.9 Å². The van der Waals surface area contributed by atoms with Crippen molar-refractivity contribution in [2.24, 2.45) is 33.1 Å². The van der Waals surface area contributed by atoms with Gasteiger partial charge in [0.1, 0.15) is 18.1 Å². The van der Waals surface area contributed by atoms with Crippen molar-refractivity contribution >= 4 is 35.6 Å². The van der Waals surface area contributed by atoms with Gasteiger partial charge in [-0.3, -0.25) is 14.4 Å². The zero-order chi connectivity index (χ0) is 36.9. The molecule has 21 nitrogen and oxygen atoms in total. The summed E-state index contributed by atoms with van der Waals surface area (Å²) in [5, 5.41) is 10.1. The molecule has 1 aliphatic rings. The summed E-state index contributed by atoms with van der Waals surface area (Å²) in [4.78, 5) is 92.4. The van der Waals surface area contributed by atoms with Crippen LogP contribution in [0.3, 0.4) is 0 Å². The molecule has 0 N–H and O–H groups in total. The van der Waals surface area contributed by atoms with E-state index in [-0.39, 0.29) is 0 Å². The highest BCUT2D eigenvalue weighted by atomic mass is 16.6. The number of rotatable bonds is 9. The smallest absolute Gasteiger partial charge is 0.329 e. The van der Waals surface area contributed by atoms with Gasteiger partial charge in [-0.25, -0.2) is 14.4 Å². The number of azide groups is 3. The molecule has 0 aliphatic carbocycles. The van der Waals surface area contributed by atoms with Crippen LogP contribution in [-0.4, -0.2) is 128 Å². The highest BCUT2D eigenvalue weighted by Crippen LogP contribution is 2.21. The standard InChI is InChI=1S/C27H42N12O9/c1-13(2)19-25(43)46-17(11-32-35-29)23(41)38(8)21(15(5)6)27(45)48-18(12-33-36-30)24(42)39(9)20(14(3)4)26(44)47-16(10-31-34-28)22(40)37(19)7/h13-21H,10-12H2,1-9H3/t16-,17-,18-,19+,20+,21+/m0/s1. The van der Waals surface area contributed by atoms with Gasteiger partial charge < -0.3 is 28.9 Å². The number of amides is 3. The molecule has 0 spiro atoms. The van der Waals surface area contributed by atoms with Crippen LogP contribution in [0.2, 0.25) is 0 Å². The molecule has 0 radical (unpaired) electrons. The molecule has 1 heterocycles. The second kappa shape index (κ2) is 18.8. The fraction of sp³-hybridized carbons (Fsp3) is 0.778. The normalized spacial score (nSPS) is 25.4. The second-order valence-corrected chi connectivity index (χ2v) is 11.9. The van der Waals surface area contributed by atoms with Crippen molar-refractivity contribution in [2.45, 2.75) is 78.0 Å². The van der Waals surface area contributed by atoms with Crippen molar-refractivity contribution in [1.29, 1.82) is 0 Å². The third-order valence-electron chi connectivity index (χ3n) is 7.45. The minimum absolute atomic E-state index is 0.653. The Balaban J connectivity index is 3.99. The quantitative estimate of drug-likeness (QED) is 0.113. The van der Waals surface area contributed by atoms with Crippen LogP contribution in [0.15, 0.2) is 15.3 Å². The molecule has 0 bridgehead atoms. The van der Waals surface area contributed by atoms with E-state index in [9.17, 15) is 28.8 Å². The Morgan fingerprint density at radius 1 is 0.521 bits per heavy atom. The van der Waals surface area contributed by atoms with Crippen LogP contribution in [0.25, 0.3) is 31.3 Å². The Morgan fingerprint density at radius 2 is 0.729 bits per heavy atom. The average Bonchev–Trinajstić information content (AvgIpc) is 3.01. The van der Waals surface area contributed by atoms with Crippen LogP contribution in [0, 0.1) is 17.8 Å². The third-order valence-corrected chi connectivity index (χ3v) is 7.45. The lowest BCUT2D eigenvalue weighted by molar-refractivity contribution is -0.177. The number of carbonyl (C=O) groups is 6. The summed E-state index contributed by atoms with van der Waals surface area (Å²) < 4.78 is 16.4. The first kappa shape index (κ1) is 40.8. The van der Waals surface area contributed by atoms with Crippen molar-refractivity contribution in [3.05, 3.63) is 31.3 Å². The van der Waals surface area contributed by atoms with Crippen LogP contribution in [0.5, 0.6) is 0 Å². The Bertz CT molecular complexity index is 1210. The van der Waals surface area contributed by atoms with E-state index in [4.69, 9.17) is 30.8 Å². The summed E-state index contributed by atoms with van der Waals surface area (Å²) in [6.45, 7) is 7.34. The van der Waals surface area contributed by atoms with E-state index in [1.54, 1.807) is 41.5 Å². The van der Waals surface area contributed by atoms with Gasteiger partial charge in [-0.1, -0.05) is 56.9 Å². The van der Waals surface area contributed by atoms with Crippen LogP contribution < -0.4 is 0 Å². The lowest BCUT2D eigenvalue weighted by Gasteiger charge is -2.36.